The van der Waals surface area contributed by atoms with E-state index in [1.807, 2.05) is 12.1 Å². The number of rotatable bonds is 6. The van der Waals surface area contributed by atoms with Crippen molar-refractivity contribution in [3.05, 3.63) is 72.2 Å². The molecule has 1 aromatic heterocycles. The fourth-order valence-corrected chi connectivity index (χ4v) is 4.26. The predicted octanol–water partition coefficient (Wildman–Crippen LogP) is 2.14. The van der Waals surface area contributed by atoms with Crippen LogP contribution >= 0.6 is 0 Å². The van der Waals surface area contributed by atoms with Crippen LogP contribution in [0.4, 0.5) is 4.39 Å². The molecule has 0 aliphatic heterocycles. The number of carbonyl (C=O) groups excluding carboxylic acids is 2. The number of aromatic nitrogens is 1. The first-order valence-electron chi connectivity index (χ1n) is 9.42. The Morgan fingerprint density at radius 3 is 2.32 bits per heavy atom. The fraction of sp³-hybridized carbons (Fsp3) is 0.190. The number of hydrogen-bond donors (Lipinski definition) is 3. The van der Waals surface area contributed by atoms with Gasteiger partial charge in [0.05, 0.1) is 5.52 Å². The van der Waals surface area contributed by atoms with Crippen molar-refractivity contribution in [3.8, 4) is 0 Å². The highest BCUT2D eigenvalue weighted by atomic mass is 32.2. The summed E-state index contributed by atoms with van der Waals surface area (Å²) in [5.74, 6) is -2.89. The van der Waals surface area contributed by atoms with Crippen LogP contribution in [0.3, 0.4) is 0 Å². The molecule has 0 saturated heterocycles. The molecular formula is C21H21FN4O4S. The maximum atomic E-state index is 13.9. The number of sulfonamides is 1. The van der Waals surface area contributed by atoms with Crippen molar-refractivity contribution in [1.82, 2.24) is 20.6 Å². The SMILES string of the molecule is CC(C)[C@H](NS(=O)(=O)c1ccccc1F)C(=O)NNC(=O)c1ccc2ccccc2n1. The molecular weight excluding hydrogens is 423 g/mol. The molecule has 0 fully saturated rings. The largest absolute Gasteiger partial charge is 0.288 e. The van der Waals surface area contributed by atoms with E-state index in [9.17, 15) is 22.4 Å². The number of fused-ring (bicyclic) bond motifs is 1. The predicted molar refractivity (Wildman–Crippen MR) is 113 cm³/mol. The van der Waals surface area contributed by atoms with Gasteiger partial charge in [0.15, 0.2) is 0 Å². The van der Waals surface area contributed by atoms with Crippen molar-refractivity contribution in [2.24, 2.45) is 5.92 Å². The van der Waals surface area contributed by atoms with Crippen LogP contribution in [-0.2, 0) is 14.8 Å². The maximum absolute atomic E-state index is 13.9. The third kappa shape index (κ3) is 5.22. The lowest BCUT2D eigenvalue weighted by atomic mass is 10.1. The van der Waals surface area contributed by atoms with Crippen molar-refractivity contribution in [2.75, 3.05) is 0 Å². The van der Waals surface area contributed by atoms with Gasteiger partial charge in [-0.15, -0.1) is 0 Å². The number of nitrogens with one attached hydrogen (secondary N) is 3. The van der Waals surface area contributed by atoms with E-state index in [0.29, 0.717) is 5.52 Å². The van der Waals surface area contributed by atoms with E-state index in [2.05, 4.69) is 20.6 Å². The zero-order chi connectivity index (χ0) is 22.6. The van der Waals surface area contributed by atoms with Gasteiger partial charge >= 0.3 is 0 Å². The first-order chi connectivity index (χ1) is 14.7. The number of carbonyl (C=O) groups is 2. The maximum Gasteiger partial charge on any atom is 0.288 e. The first kappa shape index (κ1) is 22.3. The minimum absolute atomic E-state index is 0.0760. The summed E-state index contributed by atoms with van der Waals surface area (Å²) < 4.78 is 41.2. The van der Waals surface area contributed by atoms with E-state index in [0.717, 1.165) is 17.5 Å². The van der Waals surface area contributed by atoms with Crippen LogP contribution in [-0.4, -0.2) is 31.3 Å². The quantitative estimate of drug-likeness (QED) is 0.504. The first-order valence-corrected chi connectivity index (χ1v) is 10.9. The normalized spacial score (nSPS) is 12.5. The van der Waals surface area contributed by atoms with Crippen molar-refractivity contribution in [2.45, 2.75) is 24.8 Å². The number of nitrogens with zero attached hydrogens (tertiary/aromatic N) is 1. The summed E-state index contributed by atoms with van der Waals surface area (Å²) in [5.41, 5.74) is 5.11. The Labute approximate surface area is 178 Å². The zero-order valence-electron chi connectivity index (χ0n) is 16.8. The number of hydrazine groups is 1. The van der Waals surface area contributed by atoms with Crippen molar-refractivity contribution in [3.63, 3.8) is 0 Å². The van der Waals surface area contributed by atoms with Crippen molar-refractivity contribution >= 4 is 32.7 Å². The summed E-state index contributed by atoms with van der Waals surface area (Å²) in [6, 6.07) is 14.0. The van der Waals surface area contributed by atoms with Crippen LogP contribution in [0.15, 0.2) is 65.6 Å². The fourth-order valence-electron chi connectivity index (χ4n) is 2.84. The highest BCUT2D eigenvalue weighted by Gasteiger charge is 2.30. The lowest BCUT2D eigenvalue weighted by molar-refractivity contribution is -0.124. The minimum atomic E-state index is -4.31. The van der Waals surface area contributed by atoms with Crippen molar-refractivity contribution in [1.29, 1.82) is 0 Å². The summed E-state index contributed by atoms with van der Waals surface area (Å²) in [6.45, 7) is 3.22. The van der Waals surface area contributed by atoms with Gasteiger partial charge in [-0.3, -0.25) is 20.4 Å². The van der Waals surface area contributed by atoms with Gasteiger partial charge in [0.1, 0.15) is 22.4 Å². The van der Waals surface area contributed by atoms with Crippen LogP contribution in [0, 0.1) is 11.7 Å². The van der Waals surface area contributed by atoms with Crippen LogP contribution in [0.5, 0.6) is 0 Å². The molecule has 3 aromatic rings. The van der Waals surface area contributed by atoms with E-state index >= 15 is 0 Å². The Kier molecular flexibility index (Phi) is 6.62. The summed E-state index contributed by atoms with van der Waals surface area (Å²) in [7, 11) is -4.31. The van der Waals surface area contributed by atoms with Gasteiger partial charge in [0, 0.05) is 5.39 Å². The van der Waals surface area contributed by atoms with E-state index in [1.54, 1.807) is 32.0 Å². The van der Waals surface area contributed by atoms with Crippen LogP contribution in [0.2, 0.25) is 0 Å². The van der Waals surface area contributed by atoms with Gasteiger partial charge in [-0.2, -0.15) is 4.72 Å². The molecule has 3 N–H and O–H groups in total. The number of halogens is 1. The Morgan fingerprint density at radius 2 is 1.61 bits per heavy atom. The third-order valence-electron chi connectivity index (χ3n) is 4.49. The second-order valence-electron chi connectivity index (χ2n) is 7.11. The second kappa shape index (κ2) is 9.19. The average Bonchev–Trinajstić information content (AvgIpc) is 2.75. The minimum Gasteiger partial charge on any atom is -0.271 e. The van der Waals surface area contributed by atoms with Crippen LogP contribution < -0.4 is 15.6 Å². The summed E-state index contributed by atoms with van der Waals surface area (Å²) in [4.78, 5) is 28.6. The molecule has 0 radical (unpaired) electrons. The standard InChI is InChI=1S/C21H21FN4O4S/c1-13(2)19(26-31(29,30)18-10-6-4-8-15(18)22)21(28)25-24-20(27)17-12-11-14-7-3-5-9-16(14)23-17/h3-13,19,26H,1-2H3,(H,24,27)(H,25,28)/t19-/m0/s1. The molecule has 2 aromatic carbocycles. The van der Waals surface area contributed by atoms with Crippen molar-refractivity contribution < 1.29 is 22.4 Å². The monoisotopic (exact) mass is 444 g/mol. The highest BCUT2D eigenvalue weighted by Crippen LogP contribution is 2.15. The van der Waals surface area contributed by atoms with Crippen LogP contribution in [0.25, 0.3) is 10.9 Å². The van der Waals surface area contributed by atoms with E-state index < -0.39 is 44.5 Å². The zero-order valence-corrected chi connectivity index (χ0v) is 17.6. The molecule has 162 valence electrons. The second-order valence-corrected chi connectivity index (χ2v) is 8.79. The molecule has 0 aliphatic rings. The van der Waals surface area contributed by atoms with Gasteiger partial charge in [0.2, 0.25) is 10.0 Å². The molecule has 0 saturated carbocycles. The Bertz CT molecular complexity index is 1230. The van der Waals surface area contributed by atoms with E-state index in [-0.39, 0.29) is 5.69 Å². The number of hydrogen-bond acceptors (Lipinski definition) is 5. The molecule has 2 amide bonds. The topological polar surface area (TPSA) is 117 Å². The molecule has 0 unspecified atom stereocenters. The van der Waals surface area contributed by atoms with Gasteiger partial charge in [-0.05, 0) is 30.2 Å². The molecule has 10 heteroatoms. The number of amides is 2. The Hall–Kier alpha value is -3.37. The van der Waals surface area contributed by atoms with Gasteiger partial charge in [-0.1, -0.05) is 50.2 Å². The van der Waals surface area contributed by atoms with Crippen LogP contribution in [0.1, 0.15) is 24.3 Å². The molecule has 8 nitrogen and oxygen atoms in total. The smallest absolute Gasteiger partial charge is 0.271 e. The Morgan fingerprint density at radius 1 is 0.935 bits per heavy atom. The summed E-state index contributed by atoms with van der Waals surface area (Å²) >= 11 is 0. The molecule has 0 spiro atoms. The van der Waals surface area contributed by atoms with E-state index in [4.69, 9.17) is 0 Å². The van der Waals surface area contributed by atoms with Gasteiger partial charge < -0.3 is 0 Å². The van der Waals surface area contributed by atoms with E-state index in [1.165, 1.54) is 18.2 Å². The molecule has 0 bridgehead atoms. The highest BCUT2D eigenvalue weighted by molar-refractivity contribution is 7.89. The molecule has 3 rings (SSSR count). The third-order valence-corrected chi connectivity index (χ3v) is 5.96. The summed E-state index contributed by atoms with van der Waals surface area (Å²) in [5, 5.41) is 0.852. The number of benzene rings is 2. The molecule has 31 heavy (non-hydrogen) atoms. The molecule has 1 atom stereocenters. The van der Waals surface area contributed by atoms with Gasteiger partial charge in [-0.25, -0.2) is 17.8 Å². The summed E-state index contributed by atoms with van der Waals surface area (Å²) in [6.07, 6.45) is 0. The number of para-hydroxylation sites is 1. The van der Waals surface area contributed by atoms with Gasteiger partial charge in [0.25, 0.3) is 11.8 Å². The lowest BCUT2D eigenvalue weighted by Crippen LogP contribution is -2.54. The Balaban J connectivity index is 1.70. The average molecular weight is 444 g/mol. The molecule has 1 heterocycles. The number of pyridine rings is 1. The molecule has 0 aliphatic carbocycles. The lowest BCUT2D eigenvalue weighted by Gasteiger charge is -2.21.